The van der Waals surface area contributed by atoms with Gasteiger partial charge in [0.1, 0.15) is 5.69 Å². The second-order valence-electron chi connectivity index (χ2n) is 4.92. The molecule has 1 rings (SSSR count). The van der Waals surface area contributed by atoms with E-state index in [0.717, 1.165) is 24.9 Å². The highest BCUT2D eigenvalue weighted by molar-refractivity contribution is 5.94. The van der Waals surface area contributed by atoms with Crippen molar-refractivity contribution in [2.24, 2.45) is 0 Å². The van der Waals surface area contributed by atoms with Crippen molar-refractivity contribution in [3.63, 3.8) is 0 Å². The van der Waals surface area contributed by atoms with Crippen LogP contribution in [0.4, 0.5) is 11.4 Å². The van der Waals surface area contributed by atoms with E-state index in [9.17, 15) is 14.9 Å². The van der Waals surface area contributed by atoms with Gasteiger partial charge in [-0.15, -0.1) is 0 Å². The molecule has 0 fully saturated rings. The quantitative estimate of drug-likeness (QED) is 0.615. The van der Waals surface area contributed by atoms with Gasteiger partial charge in [0.15, 0.2) is 0 Å². The van der Waals surface area contributed by atoms with Gasteiger partial charge in [-0.1, -0.05) is 19.4 Å². The Morgan fingerprint density at radius 2 is 2.15 bits per heavy atom. The van der Waals surface area contributed by atoms with E-state index in [-0.39, 0.29) is 23.8 Å². The van der Waals surface area contributed by atoms with Crippen LogP contribution in [0.15, 0.2) is 18.2 Å². The number of nitrogens with one attached hydrogen (secondary N) is 1. The van der Waals surface area contributed by atoms with Crippen molar-refractivity contribution >= 4 is 17.3 Å². The highest BCUT2D eigenvalue weighted by atomic mass is 16.6. The molecule has 0 radical (unpaired) electrons. The van der Waals surface area contributed by atoms with Gasteiger partial charge in [-0.05, 0) is 38.6 Å². The standard InChI is InChI=1S/C14H21N3O3/c1-4-5-8-16(3)10-14(18)15-12-7-6-11(2)9-13(12)17(19)20/h6-7,9H,4-5,8,10H2,1-3H3,(H,15,18). The van der Waals surface area contributed by atoms with Crippen molar-refractivity contribution in [3.05, 3.63) is 33.9 Å². The number of rotatable bonds is 7. The van der Waals surface area contributed by atoms with Crippen molar-refractivity contribution in [1.82, 2.24) is 4.90 Å². The van der Waals surface area contributed by atoms with Crippen LogP contribution in [0.2, 0.25) is 0 Å². The third-order valence-electron chi connectivity index (χ3n) is 2.93. The zero-order valence-corrected chi connectivity index (χ0v) is 12.2. The number of amides is 1. The Morgan fingerprint density at radius 3 is 2.75 bits per heavy atom. The Labute approximate surface area is 118 Å². The molecule has 0 spiro atoms. The van der Waals surface area contributed by atoms with Crippen LogP contribution in [0.5, 0.6) is 0 Å². The predicted octanol–water partition coefficient (Wildman–Crippen LogP) is 2.57. The molecule has 110 valence electrons. The fourth-order valence-electron chi connectivity index (χ4n) is 1.84. The molecular formula is C14H21N3O3. The van der Waals surface area contributed by atoms with E-state index in [1.807, 2.05) is 11.9 Å². The third-order valence-corrected chi connectivity index (χ3v) is 2.93. The normalized spacial score (nSPS) is 10.6. The molecule has 1 aromatic rings. The lowest BCUT2D eigenvalue weighted by molar-refractivity contribution is -0.384. The van der Waals surface area contributed by atoms with Gasteiger partial charge in [0.2, 0.25) is 5.91 Å². The molecule has 0 aromatic heterocycles. The summed E-state index contributed by atoms with van der Waals surface area (Å²) in [7, 11) is 1.86. The lowest BCUT2D eigenvalue weighted by Gasteiger charge is -2.15. The largest absolute Gasteiger partial charge is 0.319 e. The van der Waals surface area contributed by atoms with Gasteiger partial charge >= 0.3 is 0 Å². The first kappa shape index (κ1) is 16.1. The second kappa shape index (κ2) is 7.59. The van der Waals surface area contributed by atoms with Crippen LogP contribution in [0.1, 0.15) is 25.3 Å². The summed E-state index contributed by atoms with van der Waals surface area (Å²) in [5, 5.41) is 13.6. The van der Waals surface area contributed by atoms with E-state index in [1.165, 1.54) is 6.07 Å². The highest BCUT2D eigenvalue weighted by Crippen LogP contribution is 2.25. The van der Waals surface area contributed by atoms with Crippen LogP contribution in [-0.4, -0.2) is 35.9 Å². The number of nitro benzene ring substituents is 1. The predicted molar refractivity (Wildman–Crippen MR) is 78.9 cm³/mol. The lowest BCUT2D eigenvalue weighted by Crippen LogP contribution is -2.31. The molecule has 0 aliphatic heterocycles. The molecule has 1 amide bonds. The first-order valence-electron chi connectivity index (χ1n) is 6.67. The molecule has 6 nitrogen and oxygen atoms in total. The second-order valence-corrected chi connectivity index (χ2v) is 4.92. The molecule has 0 aliphatic carbocycles. The summed E-state index contributed by atoms with van der Waals surface area (Å²) >= 11 is 0. The minimum Gasteiger partial charge on any atom is -0.319 e. The zero-order valence-electron chi connectivity index (χ0n) is 12.2. The Kier molecular flexibility index (Phi) is 6.11. The smallest absolute Gasteiger partial charge is 0.293 e. The van der Waals surface area contributed by atoms with E-state index in [4.69, 9.17) is 0 Å². The average molecular weight is 279 g/mol. The maximum Gasteiger partial charge on any atom is 0.293 e. The molecule has 0 unspecified atom stereocenters. The van der Waals surface area contributed by atoms with Crippen molar-refractivity contribution in [1.29, 1.82) is 0 Å². The molecule has 20 heavy (non-hydrogen) atoms. The molecule has 0 saturated heterocycles. The Hall–Kier alpha value is -1.95. The van der Waals surface area contributed by atoms with Crippen LogP contribution < -0.4 is 5.32 Å². The minimum absolute atomic E-state index is 0.0745. The maximum atomic E-state index is 11.9. The zero-order chi connectivity index (χ0) is 15.1. The third kappa shape index (κ3) is 4.97. The number of aryl methyl sites for hydroxylation is 1. The van der Waals surface area contributed by atoms with Gasteiger partial charge in [0, 0.05) is 6.07 Å². The molecule has 0 aliphatic rings. The Balaban J connectivity index is 2.68. The van der Waals surface area contributed by atoms with Crippen LogP contribution in [-0.2, 0) is 4.79 Å². The van der Waals surface area contributed by atoms with Crippen molar-refractivity contribution in [2.75, 3.05) is 25.5 Å². The number of benzene rings is 1. The average Bonchev–Trinajstić information content (AvgIpc) is 2.38. The van der Waals surface area contributed by atoms with Gasteiger partial charge in [-0.3, -0.25) is 19.8 Å². The molecular weight excluding hydrogens is 258 g/mol. The summed E-state index contributed by atoms with van der Waals surface area (Å²) in [6, 6.07) is 4.76. The van der Waals surface area contributed by atoms with Gasteiger partial charge in [-0.2, -0.15) is 0 Å². The first-order chi connectivity index (χ1) is 9.43. The highest BCUT2D eigenvalue weighted by Gasteiger charge is 2.16. The molecule has 0 bridgehead atoms. The number of carbonyl (C=O) groups is 1. The fourth-order valence-corrected chi connectivity index (χ4v) is 1.84. The monoisotopic (exact) mass is 279 g/mol. The fraction of sp³-hybridized carbons (Fsp3) is 0.500. The first-order valence-corrected chi connectivity index (χ1v) is 6.67. The topological polar surface area (TPSA) is 75.5 Å². The summed E-state index contributed by atoms with van der Waals surface area (Å²) in [5.74, 6) is -0.240. The van der Waals surface area contributed by atoms with E-state index >= 15 is 0 Å². The van der Waals surface area contributed by atoms with Crippen LogP contribution in [0.25, 0.3) is 0 Å². The summed E-state index contributed by atoms with van der Waals surface area (Å²) in [6.45, 7) is 4.92. The van der Waals surface area contributed by atoms with Crippen LogP contribution in [0, 0.1) is 17.0 Å². The number of hydrogen-bond acceptors (Lipinski definition) is 4. The molecule has 0 atom stereocenters. The van der Waals surface area contributed by atoms with Crippen molar-refractivity contribution in [3.8, 4) is 0 Å². The summed E-state index contributed by atoms with van der Waals surface area (Å²) in [6.07, 6.45) is 2.09. The SMILES string of the molecule is CCCCN(C)CC(=O)Nc1ccc(C)cc1[N+](=O)[O-]. The summed E-state index contributed by atoms with van der Waals surface area (Å²) < 4.78 is 0. The number of nitrogens with zero attached hydrogens (tertiary/aromatic N) is 2. The van der Waals surface area contributed by atoms with Gasteiger partial charge in [0.05, 0.1) is 11.5 Å². The van der Waals surface area contributed by atoms with Gasteiger partial charge in [-0.25, -0.2) is 0 Å². The number of carbonyl (C=O) groups excluding carboxylic acids is 1. The molecule has 1 N–H and O–H groups in total. The number of nitro groups is 1. The van der Waals surface area contributed by atoms with Crippen LogP contribution in [0.3, 0.4) is 0 Å². The Morgan fingerprint density at radius 1 is 1.45 bits per heavy atom. The van der Waals surface area contributed by atoms with E-state index in [1.54, 1.807) is 19.1 Å². The van der Waals surface area contributed by atoms with Crippen molar-refractivity contribution < 1.29 is 9.72 Å². The molecule has 6 heteroatoms. The molecule has 1 aromatic carbocycles. The number of unbranched alkanes of at least 4 members (excludes halogenated alkanes) is 1. The van der Waals surface area contributed by atoms with E-state index in [2.05, 4.69) is 12.2 Å². The van der Waals surface area contributed by atoms with Gasteiger partial charge in [0.25, 0.3) is 5.69 Å². The van der Waals surface area contributed by atoms with Crippen LogP contribution >= 0.6 is 0 Å². The molecule has 0 heterocycles. The number of hydrogen-bond donors (Lipinski definition) is 1. The van der Waals surface area contributed by atoms with E-state index < -0.39 is 4.92 Å². The summed E-state index contributed by atoms with van der Waals surface area (Å²) in [4.78, 5) is 24.3. The number of likely N-dealkylation sites (N-methyl/N-ethyl adjacent to an activating group) is 1. The van der Waals surface area contributed by atoms with Gasteiger partial charge < -0.3 is 5.32 Å². The lowest BCUT2D eigenvalue weighted by atomic mass is 10.2. The maximum absolute atomic E-state index is 11.9. The minimum atomic E-state index is -0.483. The van der Waals surface area contributed by atoms with Crippen molar-refractivity contribution in [2.45, 2.75) is 26.7 Å². The Bertz CT molecular complexity index is 489. The summed E-state index contributed by atoms with van der Waals surface area (Å²) in [5.41, 5.74) is 0.957. The molecule has 0 saturated carbocycles. The van der Waals surface area contributed by atoms with E-state index in [0.29, 0.717) is 0 Å². The number of anilines is 1.